The van der Waals surface area contributed by atoms with Crippen molar-refractivity contribution in [3.8, 4) is 11.5 Å². The maximum atomic E-state index is 13.8. The molecule has 3 amide bonds. The Kier molecular flexibility index (Phi) is 5.65. The molecule has 1 heterocycles. The van der Waals surface area contributed by atoms with Gasteiger partial charge >= 0.3 is 0 Å². The molecule has 2 bridgehead atoms. The van der Waals surface area contributed by atoms with Gasteiger partial charge in [-0.25, -0.2) is 0 Å². The van der Waals surface area contributed by atoms with E-state index in [2.05, 4.69) is 17.5 Å². The molecule has 3 fully saturated rings. The highest BCUT2D eigenvalue weighted by molar-refractivity contribution is 6.10. The number of hydrogen-bond acceptors (Lipinski definition) is 4. The Morgan fingerprint density at radius 1 is 0.846 bits per heavy atom. The summed E-state index contributed by atoms with van der Waals surface area (Å²) in [6.07, 6.45) is 5.68. The van der Waals surface area contributed by atoms with Crippen molar-refractivity contribution in [1.29, 1.82) is 0 Å². The van der Waals surface area contributed by atoms with E-state index in [1.807, 2.05) is 61.5 Å². The number of aryl methyl sites for hydroxylation is 1. The third kappa shape index (κ3) is 4.15. The summed E-state index contributed by atoms with van der Waals surface area (Å²) in [5.74, 6) is 1.24. The number of nitrogens with one attached hydrogen (secondary N) is 1. The number of nitrogens with zero attached hydrogens (tertiary/aromatic N) is 1. The third-order valence-corrected chi connectivity index (χ3v) is 8.96. The fraction of sp³-hybridized carbons (Fsp3) is 0.303. The first-order chi connectivity index (χ1) is 19.0. The predicted octanol–water partition coefficient (Wildman–Crippen LogP) is 5.39. The lowest BCUT2D eigenvalue weighted by Crippen LogP contribution is -2.49. The largest absolute Gasteiger partial charge is 0.457 e. The molecule has 2 saturated carbocycles. The first-order valence-electron chi connectivity index (χ1n) is 13.7. The summed E-state index contributed by atoms with van der Waals surface area (Å²) < 4.78 is 5.91. The monoisotopic (exact) mass is 518 g/mol. The van der Waals surface area contributed by atoms with Gasteiger partial charge in [0.15, 0.2) is 0 Å². The Bertz CT molecular complexity index is 1430. The van der Waals surface area contributed by atoms with Crippen LogP contribution in [0.5, 0.6) is 11.5 Å². The zero-order valence-corrected chi connectivity index (χ0v) is 21.7. The summed E-state index contributed by atoms with van der Waals surface area (Å²) in [6, 6.07) is 23.6. The van der Waals surface area contributed by atoms with Gasteiger partial charge in [-0.15, -0.1) is 0 Å². The standard InChI is InChI=1S/C33H30N2O4/c1-19-7-11-22(12-8-19)39-23-13-9-21(10-14-23)34-31(36)28(17-20-5-3-2-4-6-20)35-32(37)29-24-15-16-25(27-18-26(24)27)30(29)33(35)38/h2-16,24-30H,17-18H2,1H3,(H,34,36)/t24-,25-,26-,27+,28-,29-,30+/m0/s1. The average molecular weight is 519 g/mol. The van der Waals surface area contributed by atoms with Crippen molar-refractivity contribution in [2.75, 3.05) is 5.32 Å². The fourth-order valence-corrected chi connectivity index (χ4v) is 7.00. The Hall–Kier alpha value is -4.19. The van der Waals surface area contributed by atoms with E-state index in [1.165, 1.54) is 4.90 Å². The van der Waals surface area contributed by atoms with Crippen LogP contribution in [0.1, 0.15) is 17.5 Å². The molecule has 1 N–H and O–H groups in total. The molecule has 8 rings (SSSR count). The van der Waals surface area contributed by atoms with E-state index >= 15 is 0 Å². The topological polar surface area (TPSA) is 75.7 Å². The summed E-state index contributed by atoms with van der Waals surface area (Å²) in [4.78, 5) is 42.7. The number of benzene rings is 3. The second-order valence-corrected chi connectivity index (χ2v) is 11.3. The minimum Gasteiger partial charge on any atom is -0.457 e. The lowest BCUT2D eigenvalue weighted by atomic mass is 9.63. The first-order valence-corrected chi connectivity index (χ1v) is 13.7. The number of carbonyl (C=O) groups is 3. The maximum absolute atomic E-state index is 13.8. The van der Waals surface area contributed by atoms with Crippen molar-refractivity contribution in [3.05, 3.63) is 102 Å². The fourth-order valence-electron chi connectivity index (χ4n) is 7.00. The van der Waals surface area contributed by atoms with Crippen molar-refractivity contribution in [3.63, 3.8) is 0 Å². The zero-order valence-electron chi connectivity index (χ0n) is 21.7. The zero-order chi connectivity index (χ0) is 26.7. The van der Waals surface area contributed by atoms with Crippen LogP contribution in [0.2, 0.25) is 0 Å². The smallest absolute Gasteiger partial charge is 0.248 e. The molecular formula is C33H30N2O4. The number of hydrogen-bond donors (Lipinski definition) is 1. The molecule has 0 aromatic heterocycles. The molecule has 7 atom stereocenters. The highest BCUT2D eigenvalue weighted by Gasteiger charge is 2.67. The normalized spacial score (nSPS) is 28.6. The number of carbonyl (C=O) groups excluding carboxylic acids is 3. The van der Waals surface area contributed by atoms with Gasteiger partial charge in [-0.1, -0.05) is 60.2 Å². The number of rotatable bonds is 7. The molecule has 4 aliphatic carbocycles. The lowest BCUT2D eigenvalue weighted by molar-refractivity contribution is -0.146. The number of imide groups is 1. The van der Waals surface area contributed by atoms with Crippen molar-refractivity contribution in [2.24, 2.45) is 35.5 Å². The van der Waals surface area contributed by atoms with Crippen LogP contribution < -0.4 is 10.1 Å². The summed E-state index contributed by atoms with van der Waals surface area (Å²) in [5, 5.41) is 2.96. The molecule has 6 nitrogen and oxygen atoms in total. The quantitative estimate of drug-likeness (QED) is 0.336. The van der Waals surface area contributed by atoms with Crippen molar-refractivity contribution >= 4 is 23.4 Å². The van der Waals surface area contributed by atoms with E-state index in [1.54, 1.807) is 24.3 Å². The second-order valence-electron chi connectivity index (χ2n) is 11.3. The molecule has 0 unspecified atom stereocenters. The molecule has 0 radical (unpaired) electrons. The highest BCUT2D eigenvalue weighted by atomic mass is 16.5. The van der Waals surface area contributed by atoms with Gasteiger partial charge in [0, 0.05) is 12.1 Å². The van der Waals surface area contributed by atoms with Gasteiger partial charge in [0.2, 0.25) is 17.7 Å². The van der Waals surface area contributed by atoms with Crippen LogP contribution in [-0.4, -0.2) is 28.7 Å². The van der Waals surface area contributed by atoms with Crippen LogP contribution >= 0.6 is 0 Å². The van der Waals surface area contributed by atoms with E-state index < -0.39 is 6.04 Å². The van der Waals surface area contributed by atoms with E-state index in [4.69, 9.17) is 4.74 Å². The molecule has 0 spiro atoms. The third-order valence-electron chi connectivity index (χ3n) is 8.96. The van der Waals surface area contributed by atoms with Gasteiger partial charge in [0.1, 0.15) is 17.5 Å². The van der Waals surface area contributed by atoms with E-state index in [0.717, 1.165) is 23.3 Å². The molecule has 5 aliphatic rings. The van der Waals surface area contributed by atoms with Crippen LogP contribution in [0.4, 0.5) is 5.69 Å². The van der Waals surface area contributed by atoms with Crippen LogP contribution in [0.25, 0.3) is 0 Å². The van der Waals surface area contributed by atoms with Gasteiger partial charge in [0.05, 0.1) is 11.8 Å². The van der Waals surface area contributed by atoms with E-state index in [9.17, 15) is 14.4 Å². The Morgan fingerprint density at radius 3 is 2.00 bits per heavy atom. The van der Waals surface area contributed by atoms with Crippen LogP contribution in [0, 0.1) is 42.4 Å². The molecular weight excluding hydrogens is 488 g/mol. The SMILES string of the molecule is Cc1ccc(Oc2ccc(NC(=O)[C@H](Cc3ccccc3)N3C(=O)[C@@H]4[C@H]5C=C[C@@H]([C@@H]6C[C@H]56)[C@@H]4C3=O)cc2)cc1. The molecule has 3 aromatic carbocycles. The van der Waals surface area contributed by atoms with Crippen LogP contribution in [0.3, 0.4) is 0 Å². The van der Waals surface area contributed by atoms with Gasteiger partial charge in [0.25, 0.3) is 0 Å². The number of allylic oxidation sites excluding steroid dienone is 2. The van der Waals surface area contributed by atoms with E-state index in [0.29, 0.717) is 23.3 Å². The van der Waals surface area contributed by atoms with Crippen molar-refractivity contribution in [2.45, 2.75) is 25.8 Å². The first kappa shape index (κ1) is 23.9. The molecule has 196 valence electrons. The summed E-state index contributed by atoms with van der Waals surface area (Å²) in [7, 11) is 0. The molecule has 6 heteroatoms. The van der Waals surface area contributed by atoms with Gasteiger partial charge in [-0.3, -0.25) is 19.3 Å². The average Bonchev–Trinajstić information content (AvgIpc) is 3.73. The summed E-state index contributed by atoms with van der Waals surface area (Å²) >= 11 is 0. The maximum Gasteiger partial charge on any atom is 0.248 e. The number of amides is 3. The highest BCUT2D eigenvalue weighted by Crippen LogP contribution is 2.65. The van der Waals surface area contributed by atoms with Gasteiger partial charge in [-0.05, 0) is 79.0 Å². The second kappa shape index (κ2) is 9.23. The predicted molar refractivity (Wildman–Crippen MR) is 147 cm³/mol. The van der Waals surface area contributed by atoms with E-state index in [-0.39, 0.29) is 47.8 Å². The Morgan fingerprint density at radius 2 is 1.41 bits per heavy atom. The van der Waals surface area contributed by atoms with Crippen LogP contribution in [-0.2, 0) is 20.8 Å². The Balaban J connectivity index is 1.12. The van der Waals surface area contributed by atoms with Crippen LogP contribution in [0.15, 0.2) is 91.0 Å². The molecule has 3 aromatic rings. The van der Waals surface area contributed by atoms with Crippen molar-refractivity contribution < 1.29 is 19.1 Å². The molecule has 1 aliphatic heterocycles. The minimum atomic E-state index is -0.919. The summed E-state index contributed by atoms with van der Waals surface area (Å²) in [5.41, 5.74) is 2.63. The number of ether oxygens (including phenoxy) is 1. The lowest BCUT2D eigenvalue weighted by Gasteiger charge is -2.37. The minimum absolute atomic E-state index is 0.118. The number of anilines is 1. The molecule has 39 heavy (non-hydrogen) atoms. The molecule has 1 saturated heterocycles. The van der Waals surface area contributed by atoms with Gasteiger partial charge in [-0.2, -0.15) is 0 Å². The van der Waals surface area contributed by atoms with Crippen molar-refractivity contribution in [1.82, 2.24) is 4.90 Å². The Labute approximate surface area is 227 Å². The summed E-state index contributed by atoms with van der Waals surface area (Å²) in [6.45, 7) is 2.02. The number of likely N-dealkylation sites (tertiary alicyclic amines) is 1. The van der Waals surface area contributed by atoms with Gasteiger partial charge < -0.3 is 10.1 Å².